The maximum absolute atomic E-state index is 13.0. The van der Waals surface area contributed by atoms with Gasteiger partial charge in [0, 0.05) is 6.54 Å². The van der Waals surface area contributed by atoms with E-state index in [1.165, 1.54) is 0 Å². The Hall–Kier alpha value is -2.67. The zero-order valence-electron chi connectivity index (χ0n) is 14.7. The Balaban J connectivity index is 2.77. The van der Waals surface area contributed by atoms with Crippen LogP contribution in [0.3, 0.4) is 0 Å². The van der Waals surface area contributed by atoms with Crippen molar-refractivity contribution >= 4 is 5.97 Å². The number of para-hydroxylation sites is 1. The second kappa shape index (κ2) is 7.94. The maximum atomic E-state index is 13.0. The maximum Gasteiger partial charge on any atom is 0.352 e. The summed E-state index contributed by atoms with van der Waals surface area (Å²) in [5, 5.41) is 9.40. The Labute approximate surface area is 145 Å². The summed E-state index contributed by atoms with van der Waals surface area (Å²) >= 11 is 0. The van der Waals surface area contributed by atoms with Crippen molar-refractivity contribution in [1.29, 1.82) is 0 Å². The lowest BCUT2D eigenvalue weighted by Gasteiger charge is -2.19. The Morgan fingerprint density at radius 2 is 1.80 bits per heavy atom. The Bertz CT molecular complexity index is 879. The third-order valence-electron chi connectivity index (χ3n) is 4.30. The minimum Gasteiger partial charge on any atom is -0.477 e. The van der Waals surface area contributed by atoms with E-state index in [1.807, 2.05) is 37.8 Å². The van der Waals surface area contributed by atoms with E-state index in [4.69, 9.17) is 0 Å². The molecule has 0 atom stereocenters. The molecule has 0 aliphatic rings. The molecule has 2 rings (SSSR count). The van der Waals surface area contributed by atoms with Gasteiger partial charge in [-0.25, -0.2) is 14.2 Å². The van der Waals surface area contributed by atoms with Gasteiger partial charge in [0.05, 0.1) is 11.3 Å². The monoisotopic (exact) mass is 345 g/mol. The van der Waals surface area contributed by atoms with Gasteiger partial charge in [-0.15, -0.1) is 0 Å². The van der Waals surface area contributed by atoms with E-state index in [9.17, 15) is 19.5 Å². The molecule has 7 heteroatoms. The summed E-state index contributed by atoms with van der Waals surface area (Å²) in [6.07, 6.45) is 0.647. The van der Waals surface area contributed by atoms with Gasteiger partial charge in [0.2, 0.25) is 0 Å². The number of carboxylic acids is 1. The van der Waals surface area contributed by atoms with E-state index < -0.39 is 17.2 Å². The number of carboxylic acid groups (broad SMARTS) is 1. The Kier molecular flexibility index (Phi) is 5.93. The summed E-state index contributed by atoms with van der Waals surface area (Å²) in [5.74, 6) is -1.31. The summed E-state index contributed by atoms with van der Waals surface area (Å²) < 4.78 is 1.03. The van der Waals surface area contributed by atoms with Crippen LogP contribution >= 0.6 is 0 Å². The first-order chi connectivity index (χ1) is 11.9. The van der Waals surface area contributed by atoms with E-state index in [1.54, 1.807) is 12.1 Å². The first-order valence-corrected chi connectivity index (χ1v) is 8.36. The largest absolute Gasteiger partial charge is 0.477 e. The number of hydrogen-bond acceptors (Lipinski definition) is 4. The van der Waals surface area contributed by atoms with Gasteiger partial charge in [0.15, 0.2) is 0 Å². The van der Waals surface area contributed by atoms with Gasteiger partial charge in [-0.1, -0.05) is 39.0 Å². The summed E-state index contributed by atoms with van der Waals surface area (Å²) in [4.78, 5) is 41.3. The molecule has 1 heterocycles. The average molecular weight is 345 g/mol. The third-order valence-corrected chi connectivity index (χ3v) is 4.30. The minimum atomic E-state index is -1.31. The van der Waals surface area contributed by atoms with Crippen LogP contribution < -0.4 is 11.2 Å². The Morgan fingerprint density at radius 1 is 1.16 bits per heavy atom. The van der Waals surface area contributed by atoms with Gasteiger partial charge in [-0.2, -0.15) is 0 Å². The molecule has 0 aliphatic heterocycles. The highest BCUT2D eigenvalue weighted by Gasteiger charge is 2.21. The van der Waals surface area contributed by atoms with E-state index in [2.05, 4.69) is 4.98 Å². The molecule has 0 bridgehead atoms. The lowest BCUT2D eigenvalue weighted by molar-refractivity contribution is 0.0686. The van der Waals surface area contributed by atoms with Crippen molar-refractivity contribution in [3.8, 4) is 5.69 Å². The fourth-order valence-corrected chi connectivity index (χ4v) is 2.82. The number of aromatic carboxylic acids is 1. The van der Waals surface area contributed by atoms with Crippen LogP contribution in [0.5, 0.6) is 0 Å². The summed E-state index contributed by atoms with van der Waals surface area (Å²) in [6.45, 7) is 7.29. The normalized spacial score (nSPS) is 11.0. The van der Waals surface area contributed by atoms with E-state index in [0.717, 1.165) is 10.1 Å². The SMILES string of the molecule is CCc1ccccc1-n1c(=O)[nH]c(C(=O)O)c(CN(CC)CC)c1=O. The molecule has 7 nitrogen and oxygen atoms in total. The summed E-state index contributed by atoms with van der Waals surface area (Å²) in [7, 11) is 0. The fraction of sp³-hybridized carbons (Fsp3) is 0.389. The van der Waals surface area contributed by atoms with Crippen molar-refractivity contribution in [1.82, 2.24) is 14.5 Å². The van der Waals surface area contributed by atoms with Crippen LogP contribution in [0.15, 0.2) is 33.9 Å². The lowest BCUT2D eigenvalue weighted by atomic mass is 10.1. The van der Waals surface area contributed by atoms with Gasteiger partial charge in [-0.05, 0) is 31.1 Å². The van der Waals surface area contributed by atoms with Crippen molar-refractivity contribution in [3.05, 3.63) is 61.9 Å². The third kappa shape index (κ3) is 3.71. The number of aromatic amines is 1. The highest BCUT2D eigenvalue weighted by atomic mass is 16.4. The van der Waals surface area contributed by atoms with Gasteiger partial charge < -0.3 is 10.1 Å². The summed E-state index contributed by atoms with van der Waals surface area (Å²) in [6, 6.07) is 7.12. The molecule has 25 heavy (non-hydrogen) atoms. The first kappa shape index (κ1) is 18.7. The van der Waals surface area contributed by atoms with Crippen LogP contribution in [0.4, 0.5) is 0 Å². The zero-order valence-corrected chi connectivity index (χ0v) is 14.7. The smallest absolute Gasteiger partial charge is 0.352 e. The molecule has 2 N–H and O–H groups in total. The quantitative estimate of drug-likeness (QED) is 0.795. The number of rotatable bonds is 7. The number of aryl methyl sites for hydroxylation is 1. The molecule has 0 amide bonds. The molecule has 2 aromatic rings. The molecule has 0 radical (unpaired) electrons. The zero-order chi connectivity index (χ0) is 18.6. The number of nitrogens with zero attached hydrogens (tertiary/aromatic N) is 2. The molecule has 1 aromatic heterocycles. The number of benzene rings is 1. The van der Waals surface area contributed by atoms with Crippen LogP contribution in [-0.2, 0) is 13.0 Å². The minimum absolute atomic E-state index is 0.0849. The van der Waals surface area contributed by atoms with Crippen molar-refractivity contribution in [2.24, 2.45) is 0 Å². The first-order valence-electron chi connectivity index (χ1n) is 8.36. The molecule has 0 spiro atoms. The fourth-order valence-electron chi connectivity index (χ4n) is 2.82. The van der Waals surface area contributed by atoms with Crippen molar-refractivity contribution in [2.75, 3.05) is 13.1 Å². The van der Waals surface area contributed by atoms with Gasteiger partial charge in [0.1, 0.15) is 5.69 Å². The van der Waals surface area contributed by atoms with Crippen molar-refractivity contribution in [2.45, 2.75) is 33.7 Å². The highest BCUT2D eigenvalue weighted by Crippen LogP contribution is 2.13. The highest BCUT2D eigenvalue weighted by molar-refractivity contribution is 5.86. The molecular weight excluding hydrogens is 322 g/mol. The average Bonchev–Trinajstić information content (AvgIpc) is 2.61. The predicted molar refractivity (Wildman–Crippen MR) is 95.6 cm³/mol. The topological polar surface area (TPSA) is 95.4 Å². The number of H-pyrrole nitrogens is 1. The molecule has 134 valence electrons. The number of nitrogens with one attached hydrogen (secondary N) is 1. The second-order valence-electron chi connectivity index (χ2n) is 5.67. The van der Waals surface area contributed by atoms with Crippen LogP contribution in [0.1, 0.15) is 42.4 Å². The van der Waals surface area contributed by atoms with E-state index in [0.29, 0.717) is 25.2 Å². The molecular formula is C18H23N3O4. The number of aromatic nitrogens is 2. The molecule has 0 saturated carbocycles. The van der Waals surface area contributed by atoms with Gasteiger partial charge in [-0.3, -0.25) is 9.69 Å². The number of carbonyl (C=O) groups is 1. The van der Waals surface area contributed by atoms with E-state index in [-0.39, 0.29) is 17.8 Å². The van der Waals surface area contributed by atoms with Gasteiger partial charge >= 0.3 is 11.7 Å². The molecule has 1 aromatic carbocycles. The molecule has 0 fully saturated rings. The Morgan fingerprint density at radius 3 is 2.36 bits per heavy atom. The molecule has 0 aliphatic carbocycles. The molecule has 0 saturated heterocycles. The second-order valence-corrected chi connectivity index (χ2v) is 5.67. The van der Waals surface area contributed by atoms with Crippen molar-refractivity contribution in [3.63, 3.8) is 0 Å². The molecule has 0 unspecified atom stereocenters. The predicted octanol–water partition coefficient (Wildman–Crippen LogP) is 1.63. The standard InChI is InChI=1S/C18H23N3O4/c1-4-12-9-7-8-10-14(12)21-16(22)13(11-20(5-2)6-3)15(17(23)24)19-18(21)25/h7-10H,4-6,11H2,1-3H3,(H,19,25)(H,23,24). The van der Waals surface area contributed by atoms with Crippen LogP contribution in [0.2, 0.25) is 0 Å². The lowest BCUT2D eigenvalue weighted by Crippen LogP contribution is -2.41. The van der Waals surface area contributed by atoms with Crippen LogP contribution in [0.25, 0.3) is 5.69 Å². The van der Waals surface area contributed by atoms with Crippen LogP contribution in [-0.4, -0.2) is 38.6 Å². The van der Waals surface area contributed by atoms with Crippen LogP contribution in [0, 0.1) is 0 Å². The number of hydrogen-bond donors (Lipinski definition) is 2. The van der Waals surface area contributed by atoms with Gasteiger partial charge in [0.25, 0.3) is 5.56 Å². The van der Waals surface area contributed by atoms with Crippen molar-refractivity contribution < 1.29 is 9.90 Å². The summed E-state index contributed by atoms with van der Waals surface area (Å²) in [5.41, 5.74) is -0.268. The van der Waals surface area contributed by atoms with E-state index >= 15 is 0 Å².